The quantitative estimate of drug-likeness (QED) is 0.287. The molecular weight excluding hydrogens is 244 g/mol. The van der Waals surface area contributed by atoms with Gasteiger partial charge in [-0.2, -0.15) is 0 Å². The average molecular weight is 275 g/mol. The van der Waals surface area contributed by atoms with E-state index in [0.29, 0.717) is 0 Å². The van der Waals surface area contributed by atoms with Crippen molar-refractivity contribution in [3.8, 4) is 0 Å². The molecule has 0 nitrogen and oxygen atoms in total. The number of allylic oxidation sites excluding steroid dienone is 1. The van der Waals surface area contributed by atoms with Crippen molar-refractivity contribution in [1.29, 1.82) is 0 Å². The minimum Gasteiger partial charge on any atom is -0.103 e. The van der Waals surface area contributed by atoms with E-state index in [4.69, 9.17) is 0 Å². The van der Waals surface area contributed by atoms with Crippen molar-refractivity contribution >= 4 is 8.07 Å². The molecular formula is C18H30Si. The number of hydrogen-bond acceptors (Lipinski definition) is 0. The van der Waals surface area contributed by atoms with Crippen molar-refractivity contribution in [3.05, 3.63) is 48.6 Å². The monoisotopic (exact) mass is 274 g/mol. The van der Waals surface area contributed by atoms with Crippen molar-refractivity contribution in [2.45, 2.75) is 63.7 Å². The predicted octanol–water partition coefficient (Wildman–Crippen LogP) is 6.17. The van der Waals surface area contributed by atoms with E-state index in [0.717, 1.165) is 12.0 Å². The maximum absolute atomic E-state index is 3.86. The summed E-state index contributed by atoms with van der Waals surface area (Å²) in [6, 6.07) is 15.5. The first-order valence-electron chi connectivity index (χ1n) is 7.89. The summed E-state index contributed by atoms with van der Waals surface area (Å²) < 4.78 is 0. The minimum absolute atomic E-state index is 0.827. The van der Waals surface area contributed by atoms with Crippen LogP contribution in [-0.4, -0.2) is 8.07 Å². The molecule has 0 saturated heterocycles. The Balaban J connectivity index is 3.00. The van der Waals surface area contributed by atoms with Gasteiger partial charge in [-0.15, -0.1) is 6.58 Å². The highest BCUT2D eigenvalue weighted by Gasteiger charge is 2.36. The third kappa shape index (κ3) is 4.07. The van der Waals surface area contributed by atoms with Gasteiger partial charge in [0.25, 0.3) is 0 Å². The van der Waals surface area contributed by atoms with Gasteiger partial charge < -0.3 is 0 Å². The summed E-state index contributed by atoms with van der Waals surface area (Å²) in [6.45, 7) is 11.1. The molecule has 0 heterocycles. The molecule has 19 heavy (non-hydrogen) atoms. The van der Waals surface area contributed by atoms with Crippen LogP contribution in [0.25, 0.3) is 0 Å². The molecule has 0 fully saturated rings. The van der Waals surface area contributed by atoms with E-state index in [2.05, 4.69) is 63.8 Å². The Morgan fingerprint density at radius 1 is 1.05 bits per heavy atom. The van der Waals surface area contributed by atoms with E-state index in [9.17, 15) is 0 Å². The van der Waals surface area contributed by atoms with Crippen molar-refractivity contribution in [3.63, 3.8) is 0 Å². The fourth-order valence-electron chi connectivity index (χ4n) is 3.47. The van der Waals surface area contributed by atoms with Gasteiger partial charge in [-0.25, -0.2) is 0 Å². The highest BCUT2D eigenvalue weighted by atomic mass is 28.3. The zero-order chi connectivity index (χ0) is 14.1. The van der Waals surface area contributed by atoms with Gasteiger partial charge in [-0.05, 0) is 30.4 Å². The second-order valence-electron chi connectivity index (χ2n) is 5.61. The molecule has 0 bridgehead atoms. The Morgan fingerprint density at radius 2 is 1.63 bits per heavy atom. The molecule has 0 aliphatic rings. The first-order chi connectivity index (χ1) is 9.24. The molecule has 0 aliphatic heterocycles. The Kier molecular flexibility index (Phi) is 7.15. The first kappa shape index (κ1) is 16.2. The molecule has 0 spiro atoms. The smallest absolute Gasteiger partial charge is 0.0604 e. The van der Waals surface area contributed by atoms with Crippen LogP contribution < -0.4 is 0 Å². The van der Waals surface area contributed by atoms with E-state index < -0.39 is 8.07 Å². The largest absolute Gasteiger partial charge is 0.103 e. The molecule has 0 aliphatic carbocycles. The van der Waals surface area contributed by atoms with Gasteiger partial charge in [-0.3, -0.25) is 0 Å². The molecule has 0 radical (unpaired) electrons. The first-order valence-corrected chi connectivity index (χ1v) is 10.6. The SMILES string of the molecule is C=CCCCC(c1ccccc1)[Si](CC)(CC)CC. The van der Waals surface area contributed by atoms with E-state index in [1.807, 2.05) is 0 Å². The van der Waals surface area contributed by atoms with Crippen LogP contribution in [0.1, 0.15) is 51.1 Å². The lowest BCUT2D eigenvalue weighted by Crippen LogP contribution is -2.39. The van der Waals surface area contributed by atoms with Gasteiger partial charge >= 0.3 is 0 Å². The summed E-state index contributed by atoms with van der Waals surface area (Å²) in [5, 5.41) is 0. The summed E-state index contributed by atoms with van der Waals surface area (Å²) in [5.74, 6) is 0. The Hall–Kier alpha value is -0.823. The van der Waals surface area contributed by atoms with E-state index >= 15 is 0 Å². The molecule has 1 rings (SSSR count). The molecule has 1 unspecified atom stereocenters. The highest BCUT2D eigenvalue weighted by molar-refractivity contribution is 6.81. The van der Waals surface area contributed by atoms with Crippen LogP contribution in [0, 0.1) is 0 Å². The molecule has 1 aromatic carbocycles. The maximum atomic E-state index is 3.86. The van der Waals surface area contributed by atoms with Gasteiger partial charge in [0.1, 0.15) is 0 Å². The fourth-order valence-corrected chi connectivity index (χ4v) is 8.16. The summed E-state index contributed by atoms with van der Waals surface area (Å²) in [4.78, 5) is 0. The summed E-state index contributed by atoms with van der Waals surface area (Å²) in [6.07, 6.45) is 5.86. The lowest BCUT2D eigenvalue weighted by Gasteiger charge is -2.38. The number of hydrogen-bond donors (Lipinski definition) is 0. The summed E-state index contributed by atoms with van der Waals surface area (Å²) in [7, 11) is -1.17. The van der Waals surface area contributed by atoms with Gasteiger partial charge in [-0.1, -0.05) is 75.3 Å². The van der Waals surface area contributed by atoms with Crippen molar-refractivity contribution in [1.82, 2.24) is 0 Å². The van der Waals surface area contributed by atoms with Gasteiger partial charge in [0.2, 0.25) is 0 Å². The number of unbranched alkanes of at least 4 members (excludes halogenated alkanes) is 1. The molecule has 1 heteroatoms. The molecule has 1 aromatic rings. The lowest BCUT2D eigenvalue weighted by molar-refractivity contribution is 0.697. The molecule has 1 atom stereocenters. The van der Waals surface area contributed by atoms with Crippen molar-refractivity contribution in [2.75, 3.05) is 0 Å². The van der Waals surface area contributed by atoms with Crippen LogP contribution in [0.4, 0.5) is 0 Å². The normalized spacial score (nSPS) is 13.2. The highest BCUT2D eigenvalue weighted by Crippen LogP contribution is 2.39. The summed E-state index contributed by atoms with van der Waals surface area (Å²) in [5.41, 5.74) is 2.41. The Labute approximate surface area is 121 Å². The predicted molar refractivity (Wildman–Crippen MR) is 90.4 cm³/mol. The van der Waals surface area contributed by atoms with Crippen LogP contribution >= 0.6 is 0 Å². The molecule has 0 amide bonds. The Morgan fingerprint density at radius 3 is 2.11 bits per heavy atom. The molecule has 0 saturated carbocycles. The number of rotatable bonds is 9. The van der Waals surface area contributed by atoms with E-state index in [1.165, 1.54) is 31.0 Å². The van der Waals surface area contributed by atoms with Crippen LogP contribution in [0.2, 0.25) is 18.1 Å². The molecule has 0 N–H and O–H groups in total. The second-order valence-corrected chi connectivity index (χ2v) is 11.1. The topological polar surface area (TPSA) is 0 Å². The average Bonchev–Trinajstić information content (AvgIpc) is 2.48. The zero-order valence-corrected chi connectivity index (χ0v) is 14.0. The van der Waals surface area contributed by atoms with E-state index in [1.54, 1.807) is 5.56 Å². The van der Waals surface area contributed by atoms with Gasteiger partial charge in [0.05, 0.1) is 8.07 Å². The standard InChI is InChI=1S/C18H30Si/c1-5-9-11-16-18(17-14-12-10-13-15-17)19(6-2,7-3)8-4/h5,10,12-15,18H,1,6-9,11,16H2,2-4H3. The third-order valence-corrected chi connectivity index (χ3v) is 11.3. The van der Waals surface area contributed by atoms with Crippen LogP contribution in [0.15, 0.2) is 43.0 Å². The third-order valence-electron chi connectivity index (χ3n) is 4.95. The van der Waals surface area contributed by atoms with Gasteiger partial charge in [0, 0.05) is 0 Å². The Bertz CT molecular complexity index is 343. The van der Waals surface area contributed by atoms with Crippen LogP contribution in [-0.2, 0) is 0 Å². The van der Waals surface area contributed by atoms with E-state index in [-0.39, 0.29) is 0 Å². The molecule has 0 aromatic heterocycles. The number of benzene rings is 1. The van der Waals surface area contributed by atoms with Crippen molar-refractivity contribution < 1.29 is 0 Å². The van der Waals surface area contributed by atoms with Crippen LogP contribution in [0.5, 0.6) is 0 Å². The minimum atomic E-state index is -1.17. The summed E-state index contributed by atoms with van der Waals surface area (Å²) >= 11 is 0. The fraction of sp³-hybridized carbons (Fsp3) is 0.556. The second kappa shape index (κ2) is 8.37. The van der Waals surface area contributed by atoms with Crippen molar-refractivity contribution in [2.24, 2.45) is 0 Å². The molecule has 106 valence electrons. The van der Waals surface area contributed by atoms with Crippen LogP contribution in [0.3, 0.4) is 0 Å². The maximum Gasteiger partial charge on any atom is 0.0604 e. The van der Waals surface area contributed by atoms with Gasteiger partial charge in [0.15, 0.2) is 0 Å². The zero-order valence-electron chi connectivity index (χ0n) is 13.0. The lowest BCUT2D eigenvalue weighted by atomic mass is 10.1.